The lowest BCUT2D eigenvalue weighted by atomic mass is 9.92. The highest BCUT2D eigenvalue weighted by Gasteiger charge is 2.42. The maximum atomic E-state index is 13.5. The number of ether oxygens (including phenoxy) is 2. The van der Waals surface area contributed by atoms with Crippen LogP contribution >= 0.6 is 11.8 Å². The average Bonchev–Trinajstić information content (AvgIpc) is 3.37. The van der Waals surface area contributed by atoms with Crippen LogP contribution in [0.2, 0.25) is 0 Å². The van der Waals surface area contributed by atoms with Gasteiger partial charge < -0.3 is 24.2 Å². The van der Waals surface area contributed by atoms with Crippen molar-refractivity contribution in [1.29, 1.82) is 0 Å². The van der Waals surface area contributed by atoms with Gasteiger partial charge in [0.2, 0.25) is 5.91 Å². The number of aliphatic imine (C=N–C) groups is 1. The number of rotatable bonds is 7. The largest absolute Gasteiger partial charge is 0.495 e. The minimum atomic E-state index is -0.406. The molecule has 0 unspecified atom stereocenters. The van der Waals surface area contributed by atoms with E-state index in [1.54, 1.807) is 7.11 Å². The van der Waals surface area contributed by atoms with Gasteiger partial charge in [0.1, 0.15) is 5.75 Å². The number of amides is 1. The molecule has 204 valence electrons. The number of hydrogen-bond donors (Lipinski definition) is 0. The fourth-order valence-electron chi connectivity index (χ4n) is 5.42. The molecule has 0 spiro atoms. The smallest absolute Gasteiger partial charge is 0.338 e. The molecule has 1 atom stereocenters. The first kappa shape index (κ1) is 26.9. The number of nitrogens with zero attached hydrogens (tertiary/aromatic N) is 4. The molecule has 8 nitrogen and oxygen atoms in total. The van der Waals surface area contributed by atoms with Crippen LogP contribution in [-0.2, 0) is 14.3 Å². The van der Waals surface area contributed by atoms with Crippen LogP contribution in [0.5, 0.6) is 5.75 Å². The monoisotopic (exact) mass is 546 g/mol. The molecule has 0 saturated carbocycles. The van der Waals surface area contributed by atoms with Crippen LogP contribution < -0.4 is 9.64 Å². The third-order valence-electron chi connectivity index (χ3n) is 7.38. The molecular weight excluding hydrogens is 512 g/mol. The predicted molar refractivity (Wildman–Crippen MR) is 155 cm³/mol. The number of carbonyl (C=O) groups excluding carboxylic acids is 2. The van der Waals surface area contributed by atoms with Gasteiger partial charge in [-0.15, -0.1) is 0 Å². The summed E-state index contributed by atoms with van der Waals surface area (Å²) in [5, 5.41) is 2.78. The molecule has 0 aliphatic carbocycles. The maximum absolute atomic E-state index is 13.5. The van der Waals surface area contributed by atoms with E-state index in [-0.39, 0.29) is 12.3 Å². The molecule has 2 aromatic carbocycles. The third-order valence-corrected chi connectivity index (χ3v) is 8.27. The number of thioether (sulfide) groups is 1. The van der Waals surface area contributed by atoms with Crippen LogP contribution in [0, 0.1) is 6.92 Å². The average molecular weight is 547 g/mol. The second kappa shape index (κ2) is 11.6. The van der Waals surface area contributed by atoms with Gasteiger partial charge in [0, 0.05) is 31.9 Å². The lowest BCUT2D eigenvalue weighted by Gasteiger charge is -2.38. The van der Waals surface area contributed by atoms with E-state index in [0.717, 1.165) is 52.2 Å². The first-order valence-corrected chi connectivity index (χ1v) is 14.1. The van der Waals surface area contributed by atoms with Crippen LogP contribution in [0.15, 0.2) is 75.9 Å². The van der Waals surface area contributed by atoms with E-state index in [0.29, 0.717) is 25.1 Å². The zero-order chi connectivity index (χ0) is 27.5. The fraction of sp³-hybridized carbons (Fsp3) is 0.367. The minimum absolute atomic E-state index is 0.0654. The van der Waals surface area contributed by atoms with Crippen molar-refractivity contribution in [2.75, 3.05) is 45.3 Å². The van der Waals surface area contributed by atoms with Crippen LogP contribution in [0.4, 0.5) is 5.69 Å². The molecule has 0 N–H and O–H groups in total. The zero-order valence-electron chi connectivity index (χ0n) is 22.8. The lowest BCUT2D eigenvalue weighted by molar-refractivity contribution is -0.136. The van der Waals surface area contributed by atoms with Gasteiger partial charge in [0.25, 0.3) is 0 Å². The Morgan fingerprint density at radius 2 is 1.82 bits per heavy atom. The molecule has 0 aromatic heterocycles. The van der Waals surface area contributed by atoms with Crippen LogP contribution in [-0.4, -0.2) is 67.2 Å². The highest BCUT2D eigenvalue weighted by Crippen LogP contribution is 2.45. The van der Waals surface area contributed by atoms with E-state index in [1.165, 1.54) is 18.9 Å². The molecule has 39 heavy (non-hydrogen) atoms. The van der Waals surface area contributed by atoms with Crippen molar-refractivity contribution in [3.63, 3.8) is 0 Å². The summed E-state index contributed by atoms with van der Waals surface area (Å²) in [6.45, 7) is 6.76. The normalized spacial score (nSPS) is 19.0. The second-order valence-corrected chi connectivity index (χ2v) is 10.6. The molecule has 2 aromatic rings. The second-order valence-electron chi connectivity index (χ2n) is 9.73. The van der Waals surface area contributed by atoms with Crippen molar-refractivity contribution in [2.24, 2.45) is 4.99 Å². The Hall–Kier alpha value is -3.72. The van der Waals surface area contributed by atoms with Gasteiger partial charge in [-0.05, 0) is 36.4 Å². The van der Waals surface area contributed by atoms with Gasteiger partial charge in [-0.2, -0.15) is 0 Å². The van der Waals surface area contributed by atoms with Crippen LogP contribution in [0.25, 0.3) is 0 Å². The number of aryl methyl sites for hydroxylation is 1. The van der Waals surface area contributed by atoms with E-state index < -0.39 is 12.0 Å². The summed E-state index contributed by atoms with van der Waals surface area (Å²) < 4.78 is 10.7. The molecule has 0 bridgehead atoms. The van der Waals surface area contributed by atoms with E-state index in [1.807, 2.05) is 65.5 Å². The van der Waals surface area contributed by atoms with Gasteiger partial charge >= 0.3 is 5.97 Å². The Morgan fingerprint density at radius 3 is 2.51 bits per heavy atom. The Balaban J connectivity index is 1.36. The van der Waals surface area contributed by atoms with E-state index in [2.05, 4.69) is 17.0 Å². The molecule has 3 heterocycles. The van der Waals surface area contributed by atoms with Crippen molar-refractivity contribution < 1.29 is 19.1 Å². The number of piperazine rings is 1. The number of carbonyl (C=O) groups is 2. The first-order chi connectivity index (χ1) is 18.9. The number of amidine groups is 1. The quantitative estimate of drug-likeness (QED) is 0.458. The molecule has 0 radical (unpaired) electrons. The van der Waals surface area contributed by atoms with Crippen molar-refractivity contribution in [2.45, 2.75) is 32.7 Å². The molecule has 5 rings (SSSR count). The van der Waals surface area contributed by atoms with Crippen molar-refractivity contribution in [1.82, 2.24) is 9.80 Å². The van der Waals surface area contributed by atoms with Gasteiger partial charge in [-0.25, -0.2) is 9.79 Å². The summed E-state index contributed by atoms with van der Waals surface area (Å²) in [7, 11) is 3.08. The summed E-state index contributed by atoms with van der Waals surface area (Å²) in [6, 6.07) is 15.7. The van der Waals surface area contributed by atoms with Gasteiger partial charge in [-0.3, -0.25) is 4.79 Å². The van der Waals surface area contributed by atoms with E-state index in [9.17, 15) is 9.59 Å². The molecule has 1 saturated heterocycles. The standard InChI is InChI=1S/C30H34N4O4S/c1-5-23-27(29(36)38-4)28(21-10-8-9-20(2)17-21)34-22(19-39-30(34)31-23)18-26(35)33-15-13-32(14-16-33)24-11-6-7-12-25(24)37-3/h6-12,17,19,28H,5,13-16,18H2,1-4H3/t28-/m0/s1. The summed E-state index contributed by atoms with van der Waals surface area (Å²) >= 11 is 1.50. The van der Waals surface area contributed by atoms with Gasteiger partial charge in [0.05, 0.1) is 43.6 Å². The Kier molecular flexibility index (Phi) is 7.97. The predicted octanol–water partition coefficient (Wildman–Crippen LogP) is 4.88. The number of fused-ring (bicyclic) bond motifs is 1. The third kappa shape index (κ3) is 5.28. The number of allylic oxidation sites excluding steroid dienone is 1. The number of methoxy groups -OCH3 is 2. The van der Waals surface area contributed by atoms with E-state index in [4.69, 9.17) is 14.5 Å². The molecule has 3 aliphatic rings. The molecule has 3 aliphatic heterocycles. The lowest BCUT2D eigenvalue weighted by Crippen LogP contribution is -2.49. The van der Waals surface area contributed by atoms with Crippen LogP contribution in [0.1, 0.15) is 36.9 Å². The maximum Gasteiger partial charge on any atom is 0.338 e. The zero-order valence-corrected chi connectivity index (χ0v) is 23.7. The Bertz CT molecular complexity index is 1360. The molecule has 9 heteroatoms. The van der Waals surface area contributed by atoms with Crippen LogP contribution in [0.3, 0.4) is 0 Å². The summed E-state index contributed by atoms with van der Waals surface area (Å²) in [6.07, 6.45) is 0.842. The Labute approximate surface area is 234 Å². The summed E-state index contributed by atoms with van der Waals surface area (Å²) in [5.74, 6) is 0.511. The van der Waals surface area contributed by atoms with Gasteiger partial charge in [-0.1, -0.05) is 60.6 Å². The highest BCUT2D eigenvalue weighted by molar-refractivity contribution is 8.16. The topological polar surface area (TPSA) is 74.7 Å². The number of para-hydroxylation sites is 2. The Morgan fingerprint density at radius 1 is 1.05 bits per heavy atom. The molecule has 1 fully saturated rings. The van der Waals surface area contributed by atoms with Crippen molar-refractivity contribution >= 4 is 34.5 Å². The number of hydrogen-bond acceptors (Lipinski definition) is 8. The first-order valence-electron chi connectivity index (χ1n) is 13.2. The summed E-state index contributed by atoms with van der Waals surface area (Å²) in [5.41, 5.74) is 5.21. The van der Waals surface area contributed by atoms with Crippen molar-refractivity contribution in [3.8, 4) is 5.75 Å². The number of benzene rings is 2. The summed E-state index contributed by atoms with van der Waals surface area (Å²) in [4.78, 5) is 37.7. The van der Waals surface area contributed by atoms with E-state index >= 15 is 0 Å². The van der Waals surface area contributed by atoms with Gasteiger partial charge in [0.15, 0.2) is 5.17 Å². The van der Waals surface area contributed by atoms with Crippen molar-refractivity contribution in [3.05, 3.63) is 82.0 Å². The SMILES string of the molecule is CCC1=C(C(=O)OC)[C@H](c2cccc(C)c2)N2C(CC(=O)N3CCN(c4ccccc4OC)CC3)=CSC2=N1. The molecule has 1 amide bonds. The number of esters is 1. The minimum Gasteiger partial charge on any atom is -0.495 e. The highest BCUT2D eigenvalue weighted by atomic mass is 32.2. The number of anilines is 1. The fourth-order valence-corrected chi connectivity index (χ4v) is 6.36. The molecular formula is C30H34N4O4S.